The van der Waals surface area contributed by atoms with E-state index >= 15 is 0 Å². The molecular weight excluding hydrogens is 474 g/mol. The van der Waals surface area contributed by atoms with Crippen molar-refractivity contribution < 1.29 is 18.0 Å². The molecule has 0 aliphatic heterocycles. The zero-order valence-corrected chi connectivity index (χ0v) is 22.2. The lowest BCUT2D eigenvalue weighted by atomic mass is 10.1. The van der Waals surface area contributed by atoms with Crippen molar-refractivity contribution in [1.82, 2.24) is 10.2 Å². The Kier molecular flexibility index (Phi) is 9.53. The number of amides is 2. The lowest BCUT2D eigenvalue weighted by Gasteiger charge is -2.32. The van der Waals surface area contributed by atoms with Crippen LogP contribution in [-0.4, -0.2) is 50.5 Å². The maximum Gasteiger partial charge on any atom is 0.244 e. The summed E-state index contributed by atoms with van der Waals surface area (Å²) in [6, 6.07) is 11.5. The first kappa shape index (κ1) is 27.7. The maximum atomic E-state index is 13.5. The molecule has 0 fully saturated rings. The van der Waals surface area contributed by atoms with Gasteiger partial charge < -0.3 is 10.2 Å². The van der Waals surface area contributed by atoms with Crippen LogP contribution in [0.4, 0.5) is 5.69 Å². The van der Waals surface area contributed by atoms with Crippen molar-refractivity contribution in [3.63, 3.8) is 0 Å². The van der Waals surface area contributed by atoms with E-state index in [0.29, 0.717) is 17.3 Å². The van der Waals surface area contributed by atoms with Gasteiger partial charge in [-0.05, 0) is 56.0 Å². The average molecular weight is 508 g/mol. The van der Waals surface area contributed by atoms with Crippen molar-refractivity contribution in [1.29, 1.82) is 0 Å². The molecule has 2 aromatic carbocycles. The Morgan fingerprint density at radius 2 is 1.65 bits per heavy atom. The molecule has 0 bridgehead atoms. The van der Waals surface area contributed by atoms with E-state index in [1.165, 1.54) is 4.90 Å². The Labute approximate surface area is 208 Å². The van der Waals surface area contributed by atoms with Crippen LogP contribution in [0.1, 0.15) is 37.5 Å². The number of benzene rings is 2. The average Bonchev–Trinajstić information content (AvgIpc) is 2.74. The number of hydrogen-bond donors (Lipinski definition) is 1. The largest absolute Gasteiger partial charge is 0.354 e. The number of halogens is 1. The van der Waals surface area contributed by atoms with Gasteiger partial charge in [-0.15, -0.1) is 0 Å². The van der Waals surface area contributed by atoms with Crippen LogP contribution in [0.3, 0.4) is 0 Å². The number of nitrogens with zero attached hydrogens (tertiary/aromatic N) is 2. The second-order valence-corrected chi connectivity index (χ2v) is 11.4. The molecule has 0 radical (unpaired) electrons. The van der Waals surface area contributed by atoms with Crippen LogP contribution in [0.15, 0.2) is 42.5 Å². The molecule has 0 unspecified atom stereocenters. The number of aryl methyl sites for hydroxylation is 2. The van der Waals surface area contributed by atoms with Gasteiger partial charge in [0, 0.05) is 18.1 Å². The first-order valence-electron chi connectivity index (χ1n) is 11.2. The molecule has 1 N–H and O–H groups in total. The van der Waals surface area contributed by atoms with Crippen molar-refractivity contribution in [2.45, 2.75) is 47.2 Å². The van der Waals surface area contributed by atoms with Gasteiger partial charge in [0.25, 0.3) is 0 Å². The Morgan fingerprint density at radius 3 is 2.18 bits per heavy atom. The SMILES string of the molecule is Cc1ccc(N(CC(=O)N(Cc2ccc(Cl)cc2)[C@@H](C)C(=O)NCC(C)C)S(C)(=O)=O)c(C)c1. The van der Waals surface area contributed by atoms with Crippen LogP contribution >= 0.6 is 11.6 Å². The quantitative estimate of drug-likeness (QED) is 0.528. The molecular formula is C25H34ClN3O4S. The summed E-state index contributed by atoms with van der Waals surface area (Å²) in [5.41, 5.74) is 2.94. The van der Waals surface area contributed by atoms with Gasteiger partial charge in [-0.3, -0.25) is 13.9 Å². The molecule has 0 aliphatic rings. The summed E-state index contributed by atoms with van der Waals surface area (Å²) in [6.45, 7) is 9.52. The highest BCUT2D eigenvalue weighted by molar-refractivity contribution is 7.92. The summed E-state index contributed by atoms with van der Waals surface area (Å²) in [5, 5.41) is 3.41. The molecule has 0 aliphatic carbocycles. The molecule has 0 spiro atoms. The van der Waals surface area contributed by atoms with Crippen molar-refractivity contribution >= 4 is 39.1 Å². The summed E-state index contributed by atoms with van der Waals surface area (Å²) in [5.74, 6) is -0.525. The standard InChI is InChI=1S/C25H34ClN3O4S/c1-17(2)14-27-25(31)20(5)28(15-21-8-10-22(26)11-9-21)24(30)16-29(34(6,32)33)23-12-7-18(3)13-19(23)4/h7-13,17,20H,14-16H2,1-6H3,(H,27,31)/t20-/m0/s1. The topological polar surface area (TPSA) is 86.8 Å². The molecule has 34 heavy (non-hydrogen) atoms. The lowest BCUT2D eigenvalue weighted by molar-refractivity contribution is -0.139. The minimum Gasteiger partial charge on any atom is -0.354 e. The van der Waals surface area contributed by atoms with Crippen LogP contribution in [0.5, 0.6) is 0 Å². The number of rotatable bonds is 10. The Hall–Kier alpha value is -2.58. The fraction of sp³-hybridized carbons (Fsp3) is 0.440. The van der Waals surface area contributed by atoms with E-state index in [1.807, 2.05) is 26.8 Å². The van der Waals surface area contributed by atoms with Crippen molar-refractivity contribution in [2.75, 3.05) is 23.7 Å². The van der Waals surface area contributed by atoms with E-state index in [9.17, 15) is 18.0 Å². The predicted molar refractivity (Wildman–Crippen MR) is 137 cm³/mol. The van der Waals surface area contributed by atoms with Crippen LogP contribution in [0.2, 0.25) is 5.02 Å². The van der Waals surface area contributed by atoms with E-state index in [0.717, 1.165) is 27.3 Å². The molecule has 2 amide bonds. The van der Waals surface area contributed by atoms with Crippen LogP contribution < -0.4 is 9.62 Å². The van der Waals surface area contributed by atoms with E-state index in [-0.39, 0.29) is 18.4 Å². The number of hydrogen-bond acceptors (Lipinski definition) is 4. The normalized spacial score (nSPS) is 12.4. The second-order valence-electron chi connectivity index (χ2n) is 9.02. The van der Waals surface area contributed by atoms with E-state index in [1.54, 1.807) is 50.2 Å². The fourth-order valence-corrected chi connectivity index (χ4v) is 4.53. The minimum absolute atomic E-state index is 0.136. The third-order valence-corrected chi connectivity index (χ3v) is 6.80. The number of carbonyl (C=O) groups excluding carboxylic acids is 2. The highest BCUT2D eigenvalue weighted by Crippen LogP contribution is 2.24. The first-order valence-corrected chi connectivity index (χ1v) is 13.4. The Morgan fingerprint density at radius 1 is 1.03 bits per heavy atom. The van der Waals surface area contributed by atoms with E-state index in [2.05, 4.69) is 5.32 Å². The molecule has 186 valence electrons. The third kappa shape index (κ3) is 7.74. The third-order valence-electron chi connectivity index (χ3n) is 5.42. The van der Waals surface area contributed by atoms with Crippen molar-refractivity contribution in [2.24, 2.45) is 5.92 Å². The number of anilines is 1. The molecule has 0 aromatic heterocycles. The smallest absolute Gasteiger partial charge is 0.244 e. The molecule has 0 heterocycles. The predicted octanol–water partition coefficient (Wildman–Crippen LogP) is 3.91. The monoisotopic (exact) mass is 507 g/mol. The molecule has 2 aromatic rings. The van der Waals surface area contributed by atoms with Crippen LogP contribution in [0, 0.1) is 19.8 Å². The van der Waals surface area contributed by atoms with Gasteiger partial charge in [-0.1, -0.05) is 55.3 Å². The Balaban J connectivity index is 2.39. The van der Waals surface area contributed by atoms with Gasteiger partial charge in [-0.25, -0.2) is 8.42 Å². The molecule has 1 atom stereocenters. The highest BCUT2D eigenvalue weighted by Gasteiger charge is 2.30. The van der Waals surface area contributed by atoms with Gasteiger partial charge in [0.1, 0.15) is 12.6 Å². The maximum absolute atomic E-state index is 13.5. The van der Waals surface area contributed by atoms with Gasteiger partial charge in [0.2, 0.25) is 21.8 Å². The van der Waals surface area contributed by atoms with Gasteiger partial charge in [0.15, 0.2) is 0 Å². The summed E-state index contributed by atoms with van der Waals surface area (Å²) < 4.78 is 26.4. The summed E-state index contributed by atoms with van der Waals surface area (Å²) in [6.07, 6.45) is 1.07. The zero-order chi connectivity index (χ0) is 25.6. The molecule has 2 rings (SSSR count). The molecule has 0 saturated carbocycles. The summed E-state index contributed by atoms with van der Waals surface area (Å²) >= 11 is 5.99. The van der Waals surface area contributed by atoms with Crippen LogP contribution in [-0.2, 0) is 26.2 Å². The molecule has 9 heteroatoms. The zero-order valence-electron chi connectivity index (χ0n) is 20.6. The van der Waals surface area contributed by atoms with Crippen molar-refractivity contribution in [3.05, 3.63) is 64.2 Å². The van der Waals surface area contributed by atoms with E-state index < -0.39 is 28.5 Å². The number of carbonyl (C=O) groups is 2. The second kappa shape index (κ2) is 11.7. The van der Waals surface area contributed by atoms with Gasteiger partial charge >= 0.3 is 0 Å². The summed E-state index contributed by atoms with van der Waals surface area (Å²) in [4.78, 5) is 27.7. The fourth-order valence-electron chi connectivity index (χ4n) is 3.50. The molecule has 0 saturated heterocycles. The van der Waals surface area contributed by atoms with Crippen molar-refractivity contribution in [3.8, 4) is 0 Å². The highest BCUT2D eigenvalue weighted by atomic mass is 35.5. The van der Waals surface area contributed by atoms with Gasteiger partial charge in [0.05, 0.1) is 11.9 Å². The van der Waals surface area contributed by atoms with Crippen LogP contribution in [0.25, 0.3) is 0 Å². The molecule has 7 nitrogen and oxygen atoms in total. The summed E-state index contributed by atoms with van der Waals surface area (Å²) in [7, 11) is -3.76. The first-order chi connectivity index (χ1) is 15.8. The lowest BCUT2D eigenvalue weighted by Crippen LogP contribution is -2.51. The minimum atomic E-state index is -3.76. The van der Waals surface area contributed by atoms with Gasteiger partial charge in [-0.2, -0.15) is 0 Å². The Bertz CT molecular complexity index is 1120. The number of sulfonamides is 1. The van der Waals surface area contributed by atoms with E-state index in [4.69, 9.17) is 11.6 Å². The number of nitrogens with one attached hydrogen (secondary N) is 1.